The van der Waals surface area contributed by atoms with E-state index in [1.54, 1.807) is 13.3 Å². The molecule has 0 saturated heterocycles. The molecule has 0 saturated carbocycles. The van der Waals surface area contributed by atoms with Crippen molar-refractivity contribution in [2.45, 2.75) is 51.9 Å². The Kier molecular flexibility index (Phi) is 5.49. The molecule has 4 nitrogen and oxygen atoms in total. The van der Waals surface area contributed by atoms with Gasteiger partial charge in [0.15, 0.2) is 0 Å². The summed E-state index contributed by atoms with van der Waals surface area (Å²) in [5, 5.41) is 9.88. The van der Waals surface area contributed by atoms with Crippen molar-refractivity contribution >= 4 is 0 Å². The third-order valence-electron chi connectivity index (χ3n) is 2.87. The molecule has 1 heterocycles. The first kappa shape index (κ1) is 13.2. The first-order valence-corrected chi connectivity index (χ1v) is 5.88. The van der Waals surface area contributed by atoms with Gasteiger partial charge < -0.3 is 14.4 Å². The smallest absolute Gasteiger partial charge is 0.111 e. The van der Waals surface area contributed by atoms with Crippen molar-refractivity contribution in [1.29, 1.82) is 0 Å². The Balaban J connectivity index is 2.36. The van der Waals surface area contributed by atoms with Gasteiger partial charge in [0.05, 0.1) is 12.2 Å². The van der Waals surface area contributed by atoms with Crippen molar-refractivity contribution in [1.82, 2.24) is 9.55 Å². The number of rotatable bonds is 7. The van der Waals surface area contributed by atoms with Gasteiger partial charge in [-0.15, -0.1) is 0 Å². The fourth-order valence-corrected chi connectivity index (χ4v) is 1.68. The van der Waals surface area contributed by atoms with Gasteiger partial charge in [0, 0.05) is 32.5 Å². The Morgan fingerprint density at radius 2 is 2.25 bits per heavy atom. The highest BCUT2D eigenvalue weighted by Crippen LogP contribution is 2.09. The van der Waals surface area contributed by atoms with Gasteiger partial charge in [0.1, 0.15) is 5.82 Å². The van der Waals surface area contributed by atoms with Crippen molar-refractivity contribution < 1.29 is 9.84 Å². The molecule has 0 aromatic carbocycles. The summed E-state index contributed by atoms with van der Waals surface area (Å²) in [6.45, 7) is 4.99. The largest absolute Gasteiger partial charge is 0.393 e. The van der Waals surface area contributed by atoms with E-state index in [1.165, 1.54) is 0 Å². The Morgan fingerprint density at radius 1 is 1.50 bits per heavy atom. The van der Waals surface area contributed by atoms with E-state index >= 15 is 0 Å². The van der Waals surface area contributed by atoms with Crippen molar-refractivity contribution in [2.75, 3.05) is 7.11 Å². The van der Waals surface area contributed by atoms with Crippen LogP contribution in [0.15, 0.2) is 12.4 Å². The van der Waals surface area contributed by atoms with Gasteiger partial charge in [-0.2, -0.15) is 0 Å². The number of aromatic nitrogens is 2. The lowest BCUT2D eigenvalue weighted by molar-refractivity contribution is 0.0843. The normalized spacial score (nSPS) is 15.0. The van der Waals surface area contributed by atoms with Crippen LogP contribution in [0.1, 0.15) is 32.5 Å². The zero-order chi connectivity index (χ0) is 12.0. The van der Waals surface area contributed by atoms with E-state index in [0.29, 0.717) is 6.42 Å². The lowest BCUT2D eigenvalue weighted by atomic mass is 10.1. The number of methoxy groups -OCH3 is 1. The summed E-state index contributed by atoms with van der Waals surface area (Å²) in [6, 6.07) is 0. The summed E-state index contributed by atoms with van der Waals surface area (Å²) in [4.78, 5) is 4.25. The molecule has 1 aromatic heterocycles. The number of nitrogens with zero attached hydrogens (tertiary/aromatic N) is 2. The Hall–Kier alpha value is -0.870. The third-order valence-corrected chi connectivity index (χ3v) is 2.87. The Labute approximate surface area is 97.3 Å². The summed E-state index contributed by atoms with van der Waals surface area (Å²) >= 11 is 0. The van der Waals surface area contributed by atoms with Crippen molar-refractivity contribution in [3.63, 3.8) is 0 Å². The zero-order valence-corrected chi connectivity index (χ0v) is 10.4. The Bertz CT molecular complexity index is 299. The number of hydrogen-bond donors (Lipinski definition) is 1. The average Bonchev–Trinajstić information content (AvgIpc) is 2.73. The molecule has 0 aliphatic rings. The molecule has 2 atom stereocenters. The highest BCUT2D eigenvalue weighted by molar-refractivity contribution is 4.94. The van der Waals surface area contributed by atoms with Gasteiger partial charge in [-0.3, -0.25) is 0 Å². The molecule has 4 heteroatoms. The van der Waals surface area contributed by atoms with Gasteiger partial charge in [0.25, 0.3) is 0 Å². The van der Waals surface area contributed by atoms with Crippen LogP contribution in [-0.2, 0) is 17.7 Å². The summed E-state index contributed by atoms with van der Waals surface area (Å²) in [6.07, 6.45) is 5.86. The van der Waals surface area contributed by atoms with Gasteiger partial charge in [0.2, 0.25) is 0 Å². The molecule has 1 rings (SSSR count). The number of ether oxygens (including phenoxy) is 1. The fourth-order valence-electron chi connectivity index (χ4n) is 1.68. The average molecular weight is 226 g/mol. The maximum atomic E-state index is 9.88. The molecule has 0 radical (unpaired) electrons. The van der Waals surface area contributed by atoms with E-state index in [-0.39, 0.29) is 12.2 Å². The molecule has 16 heavy (non-hydrogen) atoms. The van der Waals surface area contributed by atoms with Crippen LogP contribution in [0.3, 0.4) is 0 Å². The van der Waals surface area contributed by atoms with Crippen LogP contribution >= 0.6 is 0 Å². The van der Waals surface area contributed by atoms with E-state index < -0.39 is 0 Å². The molecule has 0 bridgehead atoms. The number of aliphatic hydroxyl groups is 1. The summed E-state index contributed by atoms with van der Waals surface area (Å²) < 4.78 is 7.21. The van der Waals surface area contributed by atoms with E-state index in [2.05, 4.69) is 16.5 Å². The van der Waals surface area contributed by atoms with E-state index in [4.69, 9.17) is 4.74 Å². The van der Waals surface area contributed by atoms with Gasteiger partial charge in [-0.25, -0.2) is 4.98 Å². The first-order chi connectivity index (χ1) is 7.67. The number of aryl methyl sites for hydroxylation is 1. The molecular formula is C12H22N2O2. The van der Waals surface area contributed by atoms with Crippen molar-refractivity contribution in [3.8, 4) is 0 Å². The highest BCUT2D eigenvalue weighted by atomic mass is 16.5. The minimum absolute atomic E-state index is 0.209. The summed E-state index contributed by atoms with van der Waals surface area (Å²) in [5.41, 5.74) is 0. The van der Waals surface area contributed by atoms with Gasteiger partial charge in [-0.05, 0) is 26.7 Å². The topological polar surface area (TPSA) is 47.3 Å². The van der Waals surface area contributed by atoms with Crippen LogP contribution in [0, 0.1) is 0 Å². The van der Waals surface area contributed by atoms with Crippen LogP contribution in [0.2, 0.25) is 0 Å². The number of aliphatic hydroxyl groups excluding tert-OH is 1. The van der Waals surface area contributed by atoms with E-state index in [0.717, 1.165) is 25.2 Å². The van der Waals surface area contributed by atoms with Crippen molar-refractivity contribution in [2.24, 2.45) is 0 Å². The Morgan fingerprint density at radius 3 is 2.88 bits per heavy atom. The monoisotopic (exact) mass is 226 g/mol. The third kappa shape index (κ3) is 3.94. The zero-order valence-electron chi connectivity index (χ0n) is 10.4. The predicted octanol–water partition coefficient (Wildman–Crippen LogP) is 1.62. The molecule has 2 unspecified atom stereocenters. The highest BCUT2D eigenvalue weighted by Gasteiger charge is 2.11. The van der Waals surface area contributed by atoms with Crippen LogP contribution in [0.4, 0.5) is 0 Å². The standard InChI is InChI=1S/C12H22N2O2/c1-4-14-8-7-13-12(14)9-11(15)6-5-10(2)16-3/h7-8,10-11,15H,4-6,9H2,1-3H3. The van der Waals surface area contributed by atoms with Crippen molar-refractivity contribution in [3.05, 3.63) is 18.2 Å². The second kappa shape index (κ2) is 6.66. The predicted molar refractivity (Wildman–Crippen MR) is 63.3 cm³/mol. The first-order valence-electron chi connectivity index (χ1n) is 5.88. The summed E-state index contributed by atoms with van der Waals surface area (Å²) in [7, 11) is 1.70. The molecule has 1 N–H and O–H groups in total. The quantitative estimate of drug-likeness (QED) is 0.768. The summed E-state index contributed by atoms with van der Waals surface area (Å²) in [5.74, 6) is 0.958. The molecule has 0 aliphatic carbocycles. The lowest BCUT2D eigenvalue weighted by Gasteiger charge is -2.14. The van der Waals surface area contributed by atoms with E-state index in [9.17, 15) is 5.11 Å². The van der Waals surface area contributed by atoms with Crippen LogP contribution in [0.5, 0.6) is 0 Å². The number of hydrogen-bond acceptors (Lipinski definition) is 3. The minimum atomic E-state index is -0.328. The van der Waals surface area contributed by atoms with Gasteiger partial charge >= 0.3 is 0 Å². The number of imidazole rings is 1. The second-order valence-electron chi connectivity index (χ2n) is 4.11. The molecule has 1 aromatic rings. The van der Waals surface area contributed by atoms with Crippen LogP contribution < -0.4 is 0 Å². The molecule has 0 amide bonds. The maximum Gasteiger partial charge on any atom is 0.111 e. The molecule has 0 fully saturated rings. The lowest BCUT2D eigenvalue weighted by Crippen LogP contribution is -2.17. The van der Waals surface area contributed by atoms with Crippen LogP contribution in [-0.4, -0.2) is 34.0 Å². The van der Waals surface area contributed by atoms with Crippen LogP contribution in [0.25, 0.3) is 0 Å². The molecular weight excluding hydrogens is 204 g/mol. The maximum absolute atomic E-state index is 9.88. The molecule has 0 aliphatic heterocycles. The van der Waals surface area contributed by atoms with E-state index in [1.807, 2.05) is 13.1 Å². The molecule has 0 spiro atoms. The second-order valence-corrected chi connectivity index (χ2v) is 4.11. The van der Waals surface area contributed by atoms with Gasteiger partial charge in [-0.1, -0.05) is 0 Å². The fraction of sp³-hybridized carbons (Fsp3) is 0.750. The minimum Gasteiger partial charge on any atom is -0.393 e. The SMILES string of the molecule is CCn1ccnc1CC(O)CCC(C)OC. The molecule has 92 valence electrons.